The first-order valence-electron chi connectivity index (χ1n) is 7.27. The van der Waals surface area contributed by atoms with Crippen LogP contribution in [0, 0.1) is 11.8 Å². The van der Waals surface area contributed by atoms with Gasteiger partial charge in [-0.1, -0.05) is 39.8 Å². The summed E-state index contributed by atoms with van der Waals surface area (Å²) in [5.74, 6) is 0.907. The van der Waals surface area contributed by atoms with Crippen molar-refractivity contribution in [3.8, 4) is 0 Å². The second-order valence-electron chi connectivity index (χ2n) is 6.03. The van der Waals surface area contributed by atoms with E-state index in [2.05, 4.69) is 33.0 Å². The van der Waals surface area contributed by atoms with Crippen molar-refractivity contribution in [2.75, 3.05) is 18.4 Å². The Balaban J connectivity index is 2.73. The molecule has 4 heteroatoms. The molecule has 1 aromatic carbocycles. The van der Waals surface area contributed by atoms with Crippen molar-refractivity contribution in [1.82, 2.24) is 4.90 Å². The third kappa shape index (κ3) is 5.61. The molecular weight excluding hydrogens is 250 g/mol. The first kappa shape index (κ1) is 16.5. The van der Waals surface area contributed by atoms with Gasteiger partial charge in [0.2, 0.25) is 0 Å². The quantitative estimate of drug-likeness (QED) is 0.838. The summed E-state index contributed by atoms with van der Waals surface area (Å²) >= 11 is 0. The highest BCUT2D eigenvalue weighted by Crippen LogP contribution is 2.12. The number of nitrogens with zero attached hydrogens (tertiary/aromatic N) is 1. The topological polar surface area (TPSA) is 58.4 Å². The van der Waals surface area contributed by atoms with E-state index in [9.17, 15) is 4.79 Å². The minimum atomic E-state index is -0.0402. The molecule has 0 radical (unpaired) electrons. The number of benzene rings is 1. The normalized spacial score (nSPS) is 10.9. The van der Waals surface area contributed by atoms with Crippen molar-refractivity contribution in [2.24, 2.45) is 17.6 Å². The zero-order valence-corrected chi connectivity index (χ0v) is 13.0. The predicted octanol–water partition coefficient (Wildman–Crippen LogP) is 3.29. The first-order chi connectivity index (χ1) is 9.42. The number of hydrogen-bond donors (Lipinski definition) is 2. The van der Waals surface area contributed by atoms with Gasteiger partial charge in [-0.3, -0.25) is 0 Å². The van der Waals surface area contributed by atoms with Gasteiger partial charge in [-0.15, -0.1) is 0 Å². The molecule has 2 amide bonds. The molecule has 0 atom stereocenters. The van der Waals surface area contributed by atoms with Crippen LogP contribution in [-0.4, -0.2) is 24.0 Å². The lowest BCUT2D eigenvalue weighted by Gasteiger charge is -2.26. The van der Waals surface area contributed by atoms with E-state index in [1.807, 2.05) is 29.2 Å². The summed E-state index contributed by atoms with van der Waals surface area (Å²) in [7, 11) is 0. The number of hydrogen-bond acceptors (Lipinski definition) is 2. The van der Waals surface area contributed by atoms with E-state index < -0.39 is 0 Å². The summed E-state index contributed by atoms with van der Waals surface area (Å²) < 4.78 is 0. The highest BCUT2D eigenvalue weighted by atomic mass is 16.2. The fourth-order valence-electron chi connectivity index (χ4n) is 2.10. The number of rotatable bonds is 6. The van der Waals surface area contributed by atoms with Crippen LogP contribution in [0.5, 0.6) is 0 Å². The Morgan fingerprint density at radius 3 is 2.30 bits per heavy atom. The molecule has 0 saturated carbocycles. The third-order valence-corrected chi connectivity index (χ3v) is 2.87. The maximum atomic E-state index is 12.4. The number of carbonyl (C=O) groups excluding carboxylic acids is 1. The molecule has 20 heavy (non-hydrogen) atoms. The molecule has 0 spiro atoms. The number of carbonyl (C=O) groups is 1. The molecule has 0 heterocycles. The molecule has 0 fully saturated rings. The predicted molar refractivity (Wildman–Crippen MR) is 84.6 cm³/mol. The highest BCUT2D eigenvalue weighted by Gasteiger charge is 2.16. The zero-order valence-electron chi connectivity index (χ0n) is 13.0. The maximum absolute atomic E-state index is 12.4. The molecule has 0 bridgehead atoms. The van der Waals surface area contributed by atoms with E-state index in [1.54, 1.807) is 0 Å². The molecule has 1 rings (SSSR count). The highest BCUT2D eigenvalue weighted by molar-refractivity contribution is 5.89. The first-order valence-corrected chi connectivity index (χ1v) is 7.27. The molecule has 3 N–H and O–H groups in total. The lowest BCUT2D eigenvalue weighted by atomic mass is 10.1. The van der Waals surface area contributed by atoms with Crippen LogP contribution in [0.1, 0.15) is 33.3 Å². The van der Waals surface area contributed by atoms with E-state index in [0.29, 0.717) is 18.4 Å². The van der Waals surface area contributed by atoms with Crippen LogP contribution in [0.4, 0.5) is 10.5 Å². The minimum absolute atomic E-state index is 0.0402. The van der Waals surface area contributed by atoms with Gasteiger partial charge < -0.3 is 16.0 Å². The zero-order chi connectivity index (χ0) is 15.1. The SMILES string of the molecule is CC(C)CN(CC(C)C)C(=O)Nc1cccc(CN)c1. The van der Waals surface area contributed by atoms with Gasteiger partial charge >= 0.3 is 6.03 Å². The largest absolute Gasteiger partial charge is 0.326 e. The summed E-state index contributed by atoms with van der Waals surface area (Å²) in [5.41, 5.74) is 7.44. The van der Waals surface area contributed by atoms with E-state index in [1.165, 1.54) is 0 Å². The van der Waals surface area contributed by atoms with Gasteiger partial charge in [0.25, 0.3) is 0 Å². The Labute approximate surface area is 122 Å². The molecule has 0 saturated heterocycles. The van der Waals surface area contributed by atoms with Gasteiger partial charge in [0.15, 0.2) is 0 Å². The summed E-state index contributed by atoms with van der Waals surface area (Å²) in [6.45, 7) is 10.5. The van der Waals surface area contributed by atoms with Gasteiger partial charge in [-0.2, -0.15) is 0 Å². The third-order valence-electron chi connectivity index (χ3n) is 2.87. The molecule has 1 aromatic rings. The van der Waals surface area contributed by atoms with Crippen LogP contribution >= 0.6 is 0 Å². The van der Waals surface area contributed by atoms with Crippen LogP contribution < -0.4 is 11.1 Å². The number of urea groups is 1. The molecule has 0 aliphatic heterocycles. The number of amides is 2. The number of nitrogens with one attached hydrogen (secondary N) is 1. The van der Waals surface area contributed by atoms with Gasteiger partial charge in [0, 0.05) is 25.3 Å². The fraction of sp³-hybridized carbons (Fsp3) is 0.562. The Hall–Kier alpha value is -1.55. The average molecular weight is 277 g/mol. The number of nitrogens with two attached hydrogens (primary N) is 1. The Kier molecular flexibility index (Phi) is 6.52. The van der Waals surface area contributed by atoms with Crippen LogP contribution in [0.2, 0.25) is 0 Å². The second-order valence-corrected chi connectivity index (χ2v) is 6.03. The van der Waals surface area contributed by atoms with Crippen molar-refractivity contribution < 1.29 is 4.79 Å². The van der Waals surface area contributed by atoms with E-state index >= 15 is 0 Å². The van der Waals surface area contributed by atoms with Crippen molar-refractivity contribution in [3.05, 3.63) is 29.8 Å². The number of anilines is 1. The molecule has 0 unspecified atom stereocenters. The summed E-state index contributed by atoms with van der Waals surface area (Å²) in [6, 6.07) is 7.63. The van der Waals surface area contributed by atoms with Crippen LogP contribution in [0.15, 0.2) is 24.3 Å². The summed E-state index contributed by atoms with van der Waals surface area (Å²) in [4.78, 5) is 14.2. The lowest BCUT2D eigenvalue weighted by molar-refractivity contribution is 0.196. The van der Waals surface area contributed by atoms with Crippen LogP contribution in [0.25, 0.3) is 0 Å². The molecule has 4 nitrogen and oxygen atoms in total. The summed E-state index contributed by atoms with van der Waals surface area (Å²) in [6.07, 6.45) is 0. The molecule has 0 aromatic heterocycles. The monoisotopic (exact) mass is 277 g/mol. The molecular formula is C16H27N3O. The van der Waals surface area contributed by atoms with Gasteiger partial charge in [0.1, 0.15) is 0 Å². The van der Waals surface area contributed by atoms with E-state index in [4.69, 9.17) is 5.73 Å². The summed E-state index contributed by atoms with van der Waals surface area (Å²) in [5, 5.41) is 2.96. The van der Waals surface area contributed by atoms with Crippen LogP contribution in [-0.2, 0) is 6.54 Å². The van der Waals surface area contributed by atoms with Crippen LogP contribution in [0.3, 0.4) is 0 Å². The second kappa shape index (κ2) is 7.90. The fourth-order valence-corrected chi connectivity index (χ4v) is 2.10. The Bertz CT molecular complexity index is 419. The van der Waals surface area contributed by atoms with Gasteiger partial charge in [-0.25, -0.2) is 4.79 Å². The van der Waals surface area contributed by atoms with E-state index in [-0.39, 0.29) is 6.03 Å². The standard InChI is InChI=1S/C16H27N3O/c1-12(2)10-19(11-13(3)4)16(20)18-15-7-5-6-14(8-15)9-17/h5-8,12-13H,9-11,17H2,1-4H3,(H,18,20). The Morgan fingerprint density at radius 1 is 1.20 bits per heavy atom. The minimum Gasteiger partial charge on any atom is -0.326 e. The van der Waals surface area contributed by atoms with Crippen molar-refractivity contribution >= 4 is 11.7 Å². The van der Waals surface area contributed by atoms with Crippen molar-refractivity contribution in [1.29, 1.82) is 0 Å². The average Bonchev–Trinajstić information content (AvgIpc) is 2.37. The lowest BCUT2D eigenvalue weighted by Crippen LogP contribution is -2.39. The molecule has 0 aliphatic carbocycles. The molecule has 0 aliphatic rings. The maximum Gasteiger partial charge on any atom is 0.321 e. The smallest absolute Gasteiger partial charge is 0.321 e. The van der Waals surface area contributed by atoms with Gasteiger partial charge in [-0.05, 0) is 29.5 Å². The van der Waals surface area contributed by atoms with E-state index in [0.717, 1.165) is 24.3 Å². The van der Waals surface area contributed by atoms with Crippen molar-refractivity contribution in [2.45, 2.75) is 34.2 Å². The Morgan fingerprint density at radius 2 is 1.80 bits per heavy atom. The molecule has 112 valence electrons. The van der Waals surface area contributed by atoms with Gasteiger partial charge in [0.05, 0.1) is 0 Å². The van der Waals surface area contributed by atoms with Crippen molar-refractivity contribution in [3.63, 3.8) is 0 Å².